The molecule has 1 aromatic carbocycles. The van der Waals surface area contributed by atoms with Crippen molar-refractivity contribution in [1.82, 2.24) is 0 Å². The minimum absolute atomic E-state index is 0.0175. The summed E-state index contributed by atoms with van der Waals surface area (Å²) >= 11 is 7.44. The van der Waals surface area contributed by atoms with Crippen LogP contribution in [-0.4, -0.2) is 51.2 Å². The first-order valence-electron chi connectivity index (χ1n) is 9.70. The molecule has 0 radical (unpaired) electrons. The molecule has 0 amide bonds. The van der Waals surface area contributed by atoms with Gasteiger partial charge in [0.2, 0.25) is 0 Å². The zero-order valence-corrected chi connectivity index (χ0v) is 17.4. The molecule has 1 aliphatic rings. The van der Waals surface area contributed by atoms with Crippen molar-refractivity contribution in [2.45, 2.75) is 62.6 Å². The number of unbranched alkanes of at least 4 members (excludes halogenated alkanes) is 2. The van der Waals surface area contributed by atoms with Crippen molar-refractivity contribution in [1.29, 1.82) is 0 Å². The third kappa shape index (κ3) is 7.66. The van der Waals surface area contributed by atoms with Gasteiger partial charge in [-0.2, -0.15) is 11.8 Å². The van der Waals surface area contributed by atoms with E-state index in [9.17, 15) is 15.3 Å². The summed E-state index contributed by atoms with van der Waals surface area (Å²) in [6.45, 7) is 2.33. The van der Waals surface area contributed by atoms with Crippen LogP contribution in [0.4, 0.5) is 0 Å². The van der Waals surface area contributed by atoms with Gasteiger partial charge in [0.1, 0.15) is 12.4 Å². The standard InChI is InChI=1S/C21H31ClO4S/c1-2-3-4-5-6-10-18-19(24)12-20(25)21(18)27-14-16(23)13-26-17-9-7-8-15(22)11-17/h5-9,11,16,18-21,23-25H,2-4,10,12-14H2,1H3/b6-5-/t16-,18-,19-,20+,21+/m0/s1. The molecule has 0 aromatic heterocycles. The third-order valence-electron chi connectivity index (χ3n) is 4.80. The molecule has 5 atom stereocenters. The predicted molar refractivity (Wildman–Crippen MR) is 113 cm³/mol. The fourth-order valence-electron chi connectivity index (χ4n) is 3.30. The van der Waals surface area contributed by atoms with Crippen LogP contribution in [0.1, 0.15) is 39.0 Å². The summed E-state index contributed by atoms with van der Waals surface area (Å²) < 4.78 is 5.57. The van der Waals surface area contributed by atoms with Crippen LogP contribution < -0.4 is 4.74 Å². The highest BCUT2D eigenvalue weighted by Crippen LogP contribution is 2.38. The van der Waals surface area contributed by atoms with Crippen molar-refractivity contribution < 1.29 is 20.1 Å². The molecule has 2 rings (SSSR count). The first-order chi connectivity index (χ1) is 13.0. The lowest BCUT2D eigenvalue weighted by molar-refractivity contribution is 0.120. The molecule has 1 saturated carbocycles. The van der Waals surface area contributed by atoms with Gasteiger partial charge in [0.25, 0.3) is 0 Å². The van der Waals surface area contributed by atoms with Crippen LogP contribution in [0.3, 0.4) is 0 Å². The molecule has 4 nitrogen and oxygen atoms in total. The maximum absolute atomic E-state index is 10.3. The Bertz CT molecular complexity index is 583. The summed E-state index contributed by atoms with van der Waals surface area (Å²) in [5.41, 5.74) is 0. The van der Waals surface area contributed by atoms with E-state index >= 15 is 0 Å². The lowest BCUT2D eigenvalue weighted by Gasteiger charge is -2.23. The average Bonchev–Trinajstić information content (AvgIpc) is 2.91. The van der Waals surface area contributed by atoms with Crippen LogP contribution in [0.2, 0.25) is 5.02 Å². The number of thioether (sulfide) groups is 1. The minimum Gasteiger partial charge on any atom is -0.491 e. The van der Waals surface area contributed by atoms with E-state index in [0.717, 1.165) is 12.8 Å². The Balaban J connectivity index is 1.77. The van der Waals surface area contributed by atoms with Crippen molar-refractivity contribution in [3.63, 3.8) is 0 Å². The second-order valence-corrected chi connectivity index (χ2v) is 8.75. The topological polar surface area (TPSA) is 69.9 Å². The zero-order chi connectivity index (χ0) is 19.6. The van der Waals surface area contributed by atoms with Crippen LogP contribution in [0.15, 0.2) is 36.4 Å². The van der Waals surface area contributed by atoms with Crippen molar-refractivity contribution in [3.8, 4) is 5.75 Å². The van der Waals surface area contributed by atoms with Crippen LogP contribution >= 0.6 is 23.4 Å². The third-order valence-corrected chi connectivity index (χ3v) is 6.66. The zero-order valence-electron chi connectivity index (χ0n) is 15.8. The summed E-state index contributed by atoms with van der Waals surface area (Å²) in [6, 6.07) is 7.07. The summed E-state index contributed by atoms with van der Waals surface area (Å²) in [4.78, 5) is 0. The molecule has 0 spiro atoms. The van der Waals surface area contributed by atoms with Crippen LogP contribution in [0, 0.1) is 5.92 Å². The van der Waals surface area contributed by atoms with E-state index < -0.39 is 18.3 Å². The monoisotopic (exact) mass is 414 g/mol. The number of hydrogen-bond acceptors (Lipinski definition) is 5. The van der Waals surface area contributed by atoms with E-state index in [0.29, 0.717) is 22.9 Å². The molecule has 1 fully saturated rings. The van der Waals surface area contributed by atoms with E-state index in [2.05, 4.69) is 19.1 Å². The smallest absolute Gasteiger partial charge is 0.120 e. The Morgan fingerprint density at radius 1 is 1.30 bits per heavy atom. The molecule has 0 aliphatic heterocycles. The lowest BCUT2D eigenvalue weighted by Crippen LogP contribution is -2.28. The van der Waals surface area contributed by atoms with Gasteiger partial charge in [-0.05, 0) is 31.0 Å². The van der Waals surface area contributed by atoms with Gasteiger partial charge in [0.15, 0.2) is 0 Å². The largest absolute Gasteiger partial charge is 0.491 e. The van der Waals surface area contributed by atoms with Gasteiger partial charge in [0, 0.05) is 28.4 Å². The number of hydrogen-bond donors (Lipinski definition) is 3. The number of aliphatic hydroxyl groups is 3. The molecular formula is C21H31ClO4S. The molecule has 0 heterocycles. The molecule has 27 heavy (non-hydrogen) atoms. The Labute approximate surface area is 171 Å². The molecule has 152 valence electrons. The summed E-state index contributed by atoms with van der Waals surface area (Å²) in [7, 11) is 0. The van der Waals surface area contributed by atoms with E-state index in [-0.39, 0.29) is 17.8 Å². The maximum atomic E-state index is 10.3. The molecule has 0 bridgehead atoms. The number of rotatable bonds is 11. The lowest BCUT2D eigenvalue weighted by atomic mass is 10.0. The summed E-state index contributed by atoms with van der Waals surface area (Å²) in [5.74, 6) is 1.09. The number of halogens is 1. The van der Waals surface area contributed by atoms with Gasteiger partial charge in [0.05, 0.1) is 18.3 Å². The fourth-order valence-corrected chi connectivity index (χ4v) is 4.89. The number of aliphatic hydroxyl groups excluding tert-OH is 3. The van der Waals surface area contributed by atoms with Crippen LogP contribution in [-0.2, 0) is 0 Å². The molecule has 1 aliphatic carbocycles. The molecule has 3 N–H and O–H groups in total. The summed E-state index contributed by atoms with van der Waals surface area (Å²) in [6.07, 6.45) is 7.15. The minimum atomic E-state index is -0.653. The van der Waals surface area contributed by atoms with Gasteiger partial charge >= 0.3 is 0 Å². The van der Waals surface area contributed by atoms with Gasteiger partial charge in [-0.3, -0.25) is 0 Å². The number of benzene rings is 1. The molecule has 0 saturated heterocycles. The van der Waals surface area contributed by atoms with Crippen LogP contribution in [0.5, 0.6) is 5.75 Å². The van der Waals surface area contributed by atoms with Gasteiger partial charge in [-0.25, -0.2) is 0 Å². The molecular weight excluding hydrogens is 384 g/mol. The SMILES string of the molecule is CCCC/C=C\C[C@@H]1[C@@H](SC[C@@H](O)COc2cccc(Cl)c2)[C@H](O)C[C@@H]1O. The Morgan fingerprint density at radius 3 is 2.85 bits per heavy atom. The van der Waals surface area contributed by atoms with Crippen molar-refractivity contribution in [2.24, 2.45) is 5.92 Å². The Morgan fingerprint density at radius 2 is 2.11 bits per heavy atom. The molecule has 6 heteroatoms. The second-order valence-electron chi connectivity index (χ2n) is 7.10. The highest BCUT2D eigenvalue weighted by atomic mass is 35.5. The number of ether oxygens (including phenoxy) is 1. The van der Waals surface area contributed by atoms with Gasteiger partial charge < -0.3 is 20.1 Å². The quantitative estimate of drug-likeness (QED) is 0.376. The predicted octanol–water partition coefficient (Wildman–Crippen LogP) is 4.06. The van der Waals surface area contributed by atoms with E-state index in [1.165, 1.54) is 24.6 Å². The molecule has 1 aromatic rings. The van der Waals surface area contributed by atoms with E-state index in [4.69, 9.17) is 16.3 Å². The van der Waals surface area contributed by atoms with E-state index in [1.54, 1.807) is 24.3 Å². The van der Waals surface area contributed by atoms with Crippen molar-refractivity contribution >= 4 is 23.4 Å². The average molecular weight is 415 g/mol. The highest BCUT2D eigenvalue weighted by Gasteiger charge is 2.41. The van der Waals surface area contributed by atoms with Crippen molar-refractivity contribution in [2.75, 3.05) is 12.4 Å². The fraction of sp³-hybridized carbons (Fsp3) is 0.619. The Kier molecular flexibility index (Phi) is 10.0. The maximum Gasteiger partial charge on any atom is 0.120 e. The first-order valence-corrected chi connectivity index (χ1v) is 11.1. The van der Waals surface area contributed by atoms with E-state index in [1.807, 2.05) is 0 Å². The second kappa shape index (κ2) is 12.0. The number of allylic oxidation sites excluding steroid dienone is 2. The van der Waals surface area contributed by atoms with Crippen LogP contribution in [0.25, 0.3) is 0 Å². The van der Waals surface area contributed by atoms with Gasteiger partial charge in [-0.1, -0.05) is 49.6 Å². The van der Waals surface area contributed by atoms with Gasteiger partial charge in [-0.15, -0.1) is 0 Å². The van der Waals surface area contributed by atoms with Crippen molar-refractivity contribution in [3.05, 3.63) is 41.4 Å². The highest BCUT2D eigenvalue weighted by molar-refractivity contribution is 8.00. The normalized spacial score (nSPS) is 26.6. The Hall–Kier alpha value is -0.720. The first kappa shape index (κ1) is 22.6. The summed E-state index contributed by atoms with van der Waals surface area (Å²) in [5, 5.41) is 31.3. The molecule has 0 unspecified atom stereocenters.